The number of carbonyl (C=O) groups is 7. The number of nitrogens with one attached hydrogen (secondary N) is 3. The van der Waals surface area contributed by atoms with Gasteiger partial charge < -0.3 is 25.8 Å². The van der Waals surface area contributed by atoms with Crippen LogP contribution in [0.15, 0.2) is 35.7 Å². The van der Waals surface area contributed by atoms with Gasteiger partial charge in [-0.05, 0) is 55.7 Å². The van der Waals surface area contributed by atoms with Crippen LogP contribution >= 0.6 is 34.5 Å². The molecule has 2 aliphatic rings. The Morgan fingerprint density at radius 2 is 1.81 bits per heavy atom. The Kier molecular flexibility index (Phi) is 12.6. The van der Waals surface area contributed by atoms with Crippen molar-refractivity contribution in [2.75, 3.05) is 19.7 Å². The van der Waals surface area contributed by atoms with Crippen LogP contribution in [0.3, 0.4) is 0 Å². The molecule has 2 aliphatic heterocycles. The lowest BCUT2D eigenvalue weighted by atomic mass is 10.0. The maximum absolute atomic E-state index is 13.7. The Bertz CT molecular complexity index is 1500. The Morgan fingerprint density at radius 1 is 1.06 bits per heavy atom. The first-order chi connectivity index (χ1) is 22.5. The first kappa shape index (κ1) is 35.6. The Hall–Kier alpha value is -4.21. The van der Waals surface area contributed by atoms with Crippen molar-refractivity contribution in [1.82, 2.24) is 26.0 Å². The Balaban J connectivity index is 1.43. The molecule has 2 fully saturated rings. The van der Waals surface area contributed by atoms with Crippen molar-refractivity contribution in [3.05, 3.63) is 56.2 Å². The number of Topliss-reactive ketones (excluding diaryl/α,β-unsaturated/α-hetero) is 1. The molecule has 17 heteroatoms. The number of fused-ring (bicyclic) bond motifs is 1. The first-order valence-electron chi connectivity index (χ1n) is 14.8. The van der Waals surface area contributed by atoms with E-state index in [1.807, 2.05) is 17.5 Å². The molecule has 0 spiro atoms. The van der Waals surface area contributed by atoms with Crippen molar-refractivity contribution in [2.24, 2.45) is 0 Å². The summed E-state index contributed by atoms with van der Waals surface area (Å²) in [4.78, 5) is 91.1. The normalized spacial score (nSPS) is 18.4. The summed E-state index contributed by atoms with van der Waals surface area (Å²) in [5.74, 6) is -4.97. The molecular formula is C30H33Cl2N5O9S. The van der Waals surface area contributed by atoms with Gasteiger partial charge in [0, 0.05) is 30.8 Å². The summed E-state index contributed by atoms with van der Waals surface area (Å²) in [7, 11) is 0. The lowest BCUT2D eigenvalue weighted by Crippen LogP contribution is -2.64. The van der Waals surface area contributed by atoms with Crippen molar-refractivity contribution in [2.45, 2.75) is 63.1 Å². The standard InChI is InChI=1S/C30H33Cl2N5O9S/c31-18-5-1-6-19(32)26(18)29(44)46-16-23(38)20(9-11-25(40)41)34-27(42)22-7-2-14-36-24(39)10-8-21(28(43)37(22)36)35-30(45)33-13-12-17-4-3-15-47-17/h1,3-6,15,20-22H,2,7-14,16H2,(H,34,42)(H,40,41)(H2,33,35,45)/t20-,21-,22-/m0/s1. The number of esters is 1. The van der Waals surface area contributed by atoms with Gasteiger partial charge in [-0.25, -0.2) is 14.6 Å². The van der Waals surface area contributed by atoms with Crippen LogP contribution in [0, 0.1) is 0 Å². The molecule has 2 aromatic rings. The highest BCUT2D eigenvalue weighted by Crippen LogP contribution is 2.26. The number of ether oxygens (including phenoxy) is 1. The molecule has 4 rings (SSSR count). The molecule has 47 heavy (non-hydrogen) atoms. The van der Waals surface area contributed by atoms with Gasteiger partial charge in [0.1, 0.15) is 12.1 Å². The van der Waals surface area contributed by atoms with Crippen molar-refractivity contribution >= 4 is 76.0 Å². The van der Waals surface area contributed by atoms with Gasteiger partial charge in [0.2, 0.25) is 11.8 Å². The SMILES string of the molecule is O=C(O)CC[C@H](NC(=O)[C@@H]1CCCN2C(=O)CC[C@H](NC(=O)NCCc3cccs3)C(=O)N12)C(=O)COC(=O)c1c(Cl)cccc1Cl. The molecule has 1 aromatic carbocycles. The van der Waals surface area contributed by atoms with Gasteiger partial charge >= 0.3 is 18.0 Å². The van der Waals surface area contributed by atoms with E-state index in [4.69, 9.17) is 27.9 Å². The second kappa shape index (κ2) is 16.6. The van der Waals surface area contributed by atoms with Crippen LogP contribution in [0.4, 0.5) is 4.79 Å². The third kappa shape index (κ3) is 9.42. The molecule has 1 aromatic heterocycles. The Labute approximate surface area is 283 Å². The molecular weight excluding hydrogens is 677 g/mol. The smallest absolute Gasteiger partial charge is 0.341 e. The van der Waals surface area contributed by atoms with Gasteiger partial charge in [0.15, 0.2) is 12.4 Å². The van der Waals surface area contributed by atoms with Crippen LogP contribution in [-0.2, 0) is 35.1 Å². The van der Waals surface area contributed by atoms with E-state index in [1.165, 1.54) is 23.2 Å². The number of nitrogens with zero attached hydrogens (tertiary/aromatic N) is 2. The van der Waals surface area contributed by atoms with E-state index in [2.05, 4.69) is 16.0 Å². The zero-order valence-electron chi connectivity index (χ0n) is 25.0. The molecule has 4 N–H and O–H groups in total. The average Bonchev–Trinajstić information content (AvgIpc) is 3.52. The number of amides is 5. The molecule has 3 atom stereocenters. The van der Waals surface area contributed by atoms with Gasteiger partial charge in [0.05, 0.1) is 21.7 Å². The number of aliphatic carboxylic acids is 1. The van der Waals surface area contributed by atoms with E-state index in [9.17, 15) is 38.7 Å². The minimum absolute atomic E-state index is 0.00662. The minimum Gasteiger partial charge on any atom is -0.481 e. The number of carboxylic acids is 1. The fourth-order valence-corrected chi connectivity index (χ4v) is 6.48. The number of hydrogen-bond donors (Lipinski definition) is 4. The molecule has 5 amide bonds. The highest BCUT2D eigenvalue weighted by atomic mass is 35.5. The number of hydrazine groups is 1. The summed E-state index contributed by atoms with van der Waals surface area (Å²) in [5, 5.41) is 21.1. The number of hydrogen-bond acceptors (Lipinski definition) is 9. The van der Waals surface area contributed by atoms with Gasteiger partial charge in [0.25, 0.3) is 5.91 Å². The highest BCUT2D eigenvalue weighted by molar-refractivity contribution is 7.09. The topological polar surface area (TPSA) is 192 Å². The van der Waals surface area contributed by atoms with Crippen LogP contribution in [0.5, 0.6) is 0 Å². The summed E-state index contributed by atoms with van der Waals surface area (Å²) >= 11 is 13.6. The van der Waals surface area contributed by atoms with Crippen molar-refractivity contribution in [1.29, 1.82) is 0 Å². The zero-order valence-corrected chi connectivity index (χ0v) is 27.4. The van der Waals surface area contributed by atoms with Crippen molar-refractivity contribution < 1.29 is 43.4 Å². The summed E-state index contributed by atoms with van der Waals surface area (Å²) in [6.07, 6.45) is 0.184. The molecule has 14 nitrogen and oxygen atoms in total. The van der Waals surface area contributed by atoms with Crippen LogP contribution in [0.25, 0.3) is 0 Å². The van der Waals surface area contributed by atoms with E-state index in [1.54, 1.807) is 11.3 Å². The molecule has 0 saturated carbocycles. The number of urea groups is 1. The van der Waals surface area contributed by atoms with Gasteiger partial charge in [-0.3, -0.25) is 29.0 Å². The molecule has 2 saturated heterocycles. The summed E-state index contributed by atoms with van der Waals surface area (Å²) < 4.78 is 5.08. The molecule has 0 bridgehead atoms. The molecule has 252 valence electrons. The molecule has 3 heterocycles. The number of rotatable bonds is 13. The number of carboxylic acid groups (broad SMARTS) is 1. The lowest BCUT2D eigenvalue weighted by molar-refractivity contribution is -0.176. The second-order valence-corrected chi connectivity index (χ2v) is 12.7. The molecule has 0 radical (unpaired) electrons. The maximum atomic E-state index is 13.7. The summed E-state index contributed by atoms with van der Waals surface area (Å²) in [6, 6.07) is 3.79. The minimum atomic E-state index is -1.41. The zero-order chi connectivity index (χ0) is 34.1. The fourth-order valence-electron chi connectivity index (χ4n) is 5.22. The maximum Gasteiger partial charge on any atom is 0.341 e. The summed E-state index contributed by atoms with van der Waals surface area (Å²) in [6.45, 7) is -0.355. The molecule has 0 unspecified atom stereocenters. The number of thiophene rings is 1. The quantitative estimate of drug-likeness (QED) is 0.226. The van der Waals surface area contributed by atoms with Gasteiger partial charge in [-0.1, -0.05) is 35.3 Å². The predicted octanol–water partition coefficient (Wildman–Crippen LogP) is 2.57. The third-order valence-electron chi connectivity index (χ3n) is 7.57. The van der Waals surface area contributed by atoms with Crippen LogP contribution in [-0.4, -0.2) is 94.4 Å². The number of benzene rings is 1. The van der Waals surface area contributed by atoms with Crippen LogP contribution < -0.4 is 16.0 Å². The highest BCUT2D eigenvalue weighted by Gasteiger charge is 2.45. The van der Waals surface area contributed by atoms with Crippen molar-refractivity contribution in [3.63, 3.8) is 0 Å². The fraction of sp³-hybridized carbons (Fsp3) is 0.433. The van der Waals surface area contributed by atoms with Crippen LogP contribution in [0.1, 0.15) is 53.8 Å². The number of carbonyl (C=O) groups excluding carboxylic acids is 6. The Morgan fingerprint density at radius 3 is 2.49 bits per heavy atom. The lowest BCUT2D eigenvalue weighted by Gasteiger charge is -2.43. The van der Waals surface area contributed by atoms with E-state index in [0.717, 1.165) is 9.89 Å². The molecule has 0 aliphatic carbocycles. The van der Waals surface area contributed by atoms with Gasteiger partial charge in [-0.2, -0.15) is 0 Å². The van der Waals surface area contributed by atoms with Crippen molar-refractivity contribution in [3.8, 4) is 0 Å². The van der Waals surface area contributed by atoms with Gasteiger partial charge in [-0.15, -0.1) is 11.3 Å². The first-order valence-corrected chi connectivity index (χ1v) is 16.5. The third-order valence-corrected chi connectivity index (χ3v) is 9.14. The van der Waals surface area contributed by atoms with Crippen LogP contribution in [0.2, 0.25) is 10.0 Å². The second-order valence-electron chi connectivity index (χ2n) is 10.8. The average molecular weight is 711 g/mol. The number of ketones is 1. The largest absolute Gasteiger partial charge is 0.481 e. The van der Waals surface area contributed by atoms with E-state index < -0.39 is 72.6 Å². The van der Waals surface area contributed by atoms with E-state index >= 15 is 0 Å². The van der Waals surface area contributed by atoms with E-state index in [0.29, 0.717) is 19.4 Å². The number of halogens is 2. The predicted molar refractivity (Wildman–Crippen MR) is 170 cm³/mol. The monoisotopic (exact) mass is 709 g/mol. The van der Waals surface area contributed by atoms with E-state index in [-0.39, 0.29) is 47.8 Å². The summed E-state index contributed by atoms with van der Waals surface area (Å²) in [5.41, 5.74) is -0.166.